The van der Waals surface area contributed by atoms with Gasteiger partial charge in [-0.2, -0.15) is 0 Å². The highest BCUT2D eigenvalue weighted by Gasteiger charge is 2.18. The first kappa shape index (κ1) is 11.3. The van der Waals surface area contributed by atoms with E-state index >= 15 is 0 Å². The molecule has 0 unspecified atom stereocenters. The highest BCUT2D eigenvalue weighted by molar-refractivity contribution is 9.10. The average Bonchev–Trinajstić information content (AvgIpc) is 2.29. The molecule has 1 aliphatic rings. The van der Waals surface area contributed by atoms with Crippen LogP contribution in [0.25, 0.3) is 0 Å². The second-order valence-corrected chi connectivity index (χ2v) is 4.75. The molecule has 1 aliphatic heterocycles. The largest absolute Gasteiger partial charge is 0.334 e. The van der Waals surface area contributed by atoms with Gasteiger partial charge in [0.1, 0.15) is 4.60 Å². The van der Waals surface area contributed by atoms with Crippen LogP contribution in [0.2, 0.25) is 0 Å². The summed E-state index contributed by atoms with van der Waals surface area (Å²) in [5, 5.41) is 0. The Bertz CT molecular complexity index is 425. The summed E-state index contributed by atoms with van der Waals surface area (Å²) in [6, 6.07) is 3.59. The van der Waals surface area contributed by atoms with Crippen LogP contribution in [-0.4, -0.2) is 28.9 Å². The van der Waals surface area contributed by atoms with Crippen molar-refractivity contribution in [2.75, 3.05) is 13.1 Å². The van der Waals surface area contributed by atoms with Crippen LogP contribution < -0.4 is 0 Å². The van der Waals surface area contributed by atoms with Crippen LogP contribution >= 0.6 is 15.9 Å². The highest BCUT2D eigenvalue weighted by atomic mass is 79.9. The molecule has 0 aliphatic carbocycles. The van der Waals surface area contributed by atoms with Crippen molar-refractivity contribution in [1.82, 2.24) is 9.88 Å². The lowest BCUT2D eigenvalue weighted by molar-refractivity contribution is 0.0765. The Morgan fingerprint density at radius 3 is 2.94 bits per heavy atom. The van der Waals surface area contributed by atoms with Gasteiger partial charge in [0.25, 0.3) is 5.91 Å². The van der Waals surface area contributed by atoms with Crippen LogP contribution in [0.15, 0.2) is 34.6 Å². The third-order valence-electron chi connectivity index (χ3n) is 2.59. The Labute approximate surface area is 103 Å². The van der Waals surface area contributed by atoms with Crippen LogP contribution in [0.5, 0.6) is 0 Å². The number of rotatable bonds is 1. The molecule has 0 radical (unpaired) electrons. The number of pyridine rings is 1. The third-order valence-corrected chi connectivity index (χ3v) is 3.06. The van der Waals surface area contributed by atoms with Crippen molar-refractivity contribution < 1.29 is 4.79 Å². The Morgan fingerprint density at radius 2 is 2.31 bits per heavy atom. The molecule has 1 aromatic rings. The van der Waals surface area contributed by atoms with Gasteiger partial charge in [-0.25, -0.2) is 4.98 Å². The minimum atomic E-state index is 0.0625. The lowest BCUT2D eigenvalue weighted by Gasteiger charge is -2.26. The fraction of sp³-hybridized carbons (Fsp3) is 0.333. The Kier molecular flexibility index (Phi) is 3.39. The number of amides is 1. The molecule has 16 heavy (non-hydrogen) atoms. The smallest absolute Gasteiger partial charge is 0.255 e. The van der Waals surface area contributed by atoms with E-state index in [1.54, 1.807) is 18.3 Å². The summed E-state index contributed by atoms with van der Waals surface area (Å²) < 4.78 is 0.749. The van der Waals surface area contributed by atoms with E-state index in [1.165, 1.54) is 5.57 Å². The molecule has 3 nitrogen and oxygen atoms in total. The molecule has 0 fully saturated rings. The van der Waals surface area contributed by atoms with E-state index < -0.39 is 0 Å². The molecule has 0 N–H and O–H groups in total. The predicted molar refractivity (Wildman–Crippen MR) is 66.2 cm³/mol. The zero-order chi connectivity index (χ0) is 11.5. The molecule has 4 heteroatoms. The molecule has 2 rings (SSSR count). The van der Waals surface area contributed by atoms with Crippen molar-refractivity contribution in [3.05, 3.63) is 40.1 Å². The van der Waals surface area contributed by atoms with Gasteiger partial charge in [-0.15, -0.1) is 0 Å². The number of nitrogens with zero attached hydrogens (tertiary/aromatic N) is 2. The van der Waals surface area contributed by atoms with Gasteiger partial charge in [0, 0.05) is 19.3 Å². The van der Waals surface area contributed by atoms with Gasteiger partial charge in [-0.3, -0.25) is 4.79 Å². The van der Waals surface area contributed by atoms with Crippen LogP contribution in [0.4, 0.5) is 0 Å². The third kappa shape index (κ3) is 2.50. The molecule has 1 amide bonds. The number of carbonyl (C=O) groups excluding carboxylic acids is 1. The maximum absolute atomic E-state index is 12.1. The minimum absolute atomic E-state index is 0.0625. The van der Waals surface area contributed by atoms with Gasteiger partial charge in [0.2, 0.25) is 0 Å². The number of halogens is 1. The predicted octanol–water partition coefficient (Wildman–Crippen LogP) is 2.64. The number of carbonyl (C=O) groups is 1. The molecule has 84 valence electrons. The molecule has 0 atom stereocenters. The van der Waals surface area contributed by atoms with E-state index in [0.717, 1.165) is 24.1 Å². The van der Waals surface area contributed by atoms with Crippen molar-refractivity contribution in [1.29, 1.82) is 0 Å². The van der Waals surface area contributed by atoms with E-state index in [4.69, 9.17) is 0 Å². The van der Waals surface area contributed by atoms with Gasteiger partial charge in [0.15, 0.2) is 0 Å². The Hall–Kier alpha value is -1.16. The maximum Gasteiger partial charge on any atom is 0.255 e. The summed E-state index contributed by atoms with van der Waals surface area (Å²) in [6.45, 7) is 3.58. The molecule has 0 spiro atoms. The molecule has 0 aromatic carbocycles. The molecule has 0 saturated heterocycles. The summed E-state index contributed by atoms with van der Waals surface area (Å²) >= 11 is 3.26. The molecule has 0 saturated carbocycles. The van der Waals surface area contributed by atoms with Gasteiger partial charge in [-0.1, -0.05) is 11.6 Å². The van der Waals surface area contributed by atoms with Crippen LogP contribution in [0, 0.1) is 0 Å². The van der Waals surface area contributed by atoms with Gasteiger partial charge in [-0.05, 0) is 41.4 Å². The maximum atomic E-state index is 12.1. The summed E-state index contributed by atoms with van der Waals surface area (Å²) in [4.78, 5) is 18.0. The molecule has 2 heterocycles. The van der Waals surface area contributed by atoms with E-state index in [9.17, 15) is 4.79 Å². The normalized spacial score (nSPS) is 15.9. The fourth-order valence-electron chi connectivity index (χ4n) is 1.77. The molecule has 0 bridgehead atoms. The van der Waals surface area contributed by atoms with Crippen LogP contribution in [0.3, 0.4) is 0 Å². The van der Waals surface area contributed by atoms with Gasteiger partial charge in [0.05, 0.1) is 5.56 Å². The fourth-order valence-corrected chi connectivity index (χ4v) is 2.00. The number of aromatic nitrogens is 1. The van der Waals surface area contributed by atoms with E-state index in [2.05, 4.69) is 33.9 Å². The minimum Gasteiger partial charge on any atom is -0.334 e. The van der Waals surface area contributed by atoms with Crippen LogP contribution in [-0.2, 0) is 0 Å². The summed E-state index contributed by atoms with van der Waals surface area (Å²) in [7, 11) is 0. The second kappa shape index (κ2) is 4.78. The molecular weight excluding hydrogens is 268 g/mol. The quantitative estimate of drug-likeness (QED) is 0.585. The average molecular weight is 281 g/mol. The first-order valence-electron chi connectivity index (χ1n) is 5.23. The summed E-state index contributed by atoms with van der Waals surface area (Å²) in [5.74, 6) is 0.0625. The van der Waals surface area contributed by atoms with Crippen molar-refractivity contribution in [2.24, 2.45) is 0 Å². The standard InChI is InChI=1S/C12H13BrN2O/c1-9-3-2-6-15(8-9)12(16)10-4-5-11(13)14-7-10/h3-5,7H,2,6,8H2,1H3. The highest BCUT2D eigenvalue weighted by Crippen LogP contribution is 2.13. The van der Waals surface area contributed by atoms with E-state index in [1.807, 2.05) is 4.90 Å². The number of hydrogen-bond donors (Lipinski definition) is 0. The number of hydrogen-bond acceptors (Lipinski definition) is 2. The molecular formula is C12H13BrN2O. The Morgan fingerprint density at radius 1 is 1.50 bits per heavy atom. The second-order valence-electron chi connectivity index (χ2n) is 3.94. The molecule has 1 aromatic heterocycles. The monoisotopic (exact) mass is 280 g/mol. The van der Waals surface area contributed by atoms with Crippen molar-refractivity contribution in [3.63, 3.8) is 0 Å². The van der Waals surface area contributed by atoms with Gasteiger partial charge >= 0.3 is 0 Å². The van der Waals surface area contributed by atoms with E-state index in [-0.39, 0.29) is 5.91 Å². The van der Waals surface area contributed by atoms with Crippen molar-refractivity contribution in [3.8, 4) is 0 Å². The zero-order valence-corrected chi connectivity index (χ0v) is 10.7. The van der Waals surface area contributed by atoms with Crippen molar-refractivity contribution in [2.45, 2.75) is 13.3 Å². The Balaban J connectivity index is 2.13. The first-order chi connectivity index (χ1) is 7.66. The lowest BCUT2D eigenvalue weighted by Crippen LogP contribution is -2.35. The first-order valence-corrected chi connectivity index (χ1v) is 6.02. The summed E-state index contributed by atoms with van der Waals surface area (Å²) in [5.41, 5.74) is 1.91. The van der Waals surface area contributed by atoms with Crippen molar-refractivity contribution >= 4 is 21.8 Å². The zero-order valence-electron chi connectivity index (χ0n) is 9.11. The SMILES string of the molecule is CC1=CCCN(C(=O)c2ccc(Br)nc2)C1. The van der Waals surface area contributed by atoms with Crippen LogP contribution in [0.1, 0.15) is 23.7 Å². The van der Waals surface area contributed by atoms with Gasteiger partial charge < -0.3 is 4.90 Å². The lowest BCUT2D eigenvalue weighted by atomic mass is 10.1. The topological polar surface area (TPSA) is 33.2 Å². The van der Waals surface area contributed by atoms with E-state index in [0.29, 0.717) is 5.56 Å². The summed E-state index contributed by atoms with van der Waals surface area (Å²) in [6.07, 6.45) is 4.74.